The smallest absolute Gasteiger partial charge is 0.322 e. The number of hydrogen-bond acceptors (Lipinski definition) is 9. The van der Waals surface area contributed by atoms with Crippen LogP contribution >= 0.6 is 0 Å². The summed E-state index contributed by atoms with van der Waals surface area (Å²) in [5, 5.41) is 5.89. The second-order valence-electron chi connectivity index (χ2n) is 10.4. The predicted octanol–water partition coefficient (Wildman–Crippen LogP) is 3.15. The summed E-state index contributed by atoms with van der Waals surface area (Å²) >= 11 is 0. The Labute approximate surface area is 242 Å². The zero-order valence-electron chi connectivity index (χ0n) is 24.1. The van der Waals surface area contributed by atoms with Crippen molar-refractivity contribution in [2.24, 2.45) is 0 Å². The van der Waals surface area contributed by atoms with Gasteiger partial charge in [0.15, 0.2) is 5.65 Å². The molecule has 0 atom stereocenters. The number of hydrogen-bond donors (Lipinski definition) is 2. The molecule has 218 valence electrons. The fourth-order valence-electron chi connectivity index (χ4n) is 5.03. The Balaban J connectivity index is 1.58. The van der Waals surface area contributed by atoms with Gasteiger partial charge in [-0.3, -0.25) is 23.5 Å². The van der Waals surface area contributed by atoms with Crippen molar-refractivity contribution in [3.63, 3.8) is 0 Å². The Morgan fingerprint density at radius 2 is 1.81 bits per heavy atom. The van der Waals surface area contributed by atoms with Gasteiger partial charge in [0.1, 0.15) is 11.3 Å². The molecule has 2 N–H and O–H groups in total. The number of amides is 1. The third-order valence-electron chi connectivity index (χ3n) is 7.18. The molecule has 1 amide bonds. The number of piperazine rings is 1. The molecule has 3 heterocycles. The van der Waals surface area contributed by atoms with E-state index >= 15 is 0 Å². The maximum absolute atomic E-state index is 13.5. The van der Waals surface area contributed by atoms with Crippen LogP contribution in [0.1, 0.15) is 19.9 Å². The number of fused-ring (bicyclic) bond motifs is 1. The summed E-state index contributed by atoms with van der Waals surface area (Å²) in [4.78, 5) is 52.3. The number of aromatic nitrogens is 4. The third-order valence-corrected chi connectivity index (χ3v) is 7.18. The molecule has 0 unspecified atom stereocenters. The van der Waals surface area contributed by atoms with E-state index in [-0.39, 0.29) is 17.6 Å². The Kier molecular flexibility index (Phi) is 8.07. The highest BCUT2D eigenvalue weighted by atomic mass is 16.5. The lowest BCUT2D eigenvalue weighted by atomic mass is 10.2. The summed E-state index contributed by atoms with van der Waals surface area (Å²) in [5.74, 6) is 0.548. The highest BCUT2D eigenvalue weighted by Crippen LogP contribution is 2.33. The number of anilines is 4. The number of carbonyl (C=O) groups is 1. The van der Waals surface area contributed by atoms with Crippen molar-refractivity contribution in [2.75, 3.05) is 55.9 Å². The van der Waals surface area contributed by atoms with E-state index in [1.165, 1.54) is 15.3 Å². The van der Waals surface area contributed by atoms with Gasteiger partial charge in [-0.2, -0.15) is 4.98 Å². The summed E-state index contributed by atoms with van der Waals surface area (Å²) in [5.41, 5.74) is 1.66. The first-order valence-electron chi connectivity index (χ1n) is 13.7. The van der Waals surface area contributed by atoms with Crippen LogP contribution in [0.15, 0.2) is 70.9 Å². The minimum atomic E-state index is -0.772. The molecule has 1 saturated heterocycles. The molecule has 12 heteroatoms. The molecule has 2 aromatic heterocycles. The zero-order valence-corrected chi connectivity index (χ0v) is 24.1. The summed E-state index contributed by atoms with van der Waals surface area (Å²) in [6.45, 7) is 10.9. The highest BCUT2D eigenvalue weighted by Gasteiger charge is 2.20. The second-order valence-corrected chi connectivity index (χ2v) is 10.4. The van der Waals surface area contributed by atoms with Crippen LogP contribution in [0.2, 0.25) is 0 Å². The summed E-state index contributed by atoms with van der Waals surface area (Å²) in [7, 11) is 3.75. The van der Waals surface area contributed by atoms with E-state index in [0.29, 0.717) is 28.3 Å². The second kappa shape index (κ2) is 11.9. The van der Waals surface area contributed by atoms with Crippen LogP contribution in [0.25, 0.3) is 16.9 Å². The Morgan fingerprint density at radius 1 is 1.05 bits per heavy atom. The fraction of sp³-hybridized carbons (Fsp3) is 0.300. The molecule has 0 radical (unpaired) electrons. The first-order valence-corrected chi connectivity index (χ1v) is 13.7. The van der Waals surface area contributed by atoms with Crippen LogP contribution < -0.4 is 31.4 Å². The average molecular weight is 571 g/mol. The van der Waals surface area contributed by atoms with Crippen LogP contribution in [0.5, 0.6) is 5.75 Å². The number of rotatable bonds is 8. The van der Waals surface area contributed by atoms with E-state index in [0.717, 1.165) is 37.9 Å². The molecule has 0 bridgehead atoms. The molecular weight excluding hydrogens is 536 g/mol. The molecule has 42 heavy (non-hydrogen) atoms. The maximum atomic E-state index is 13.5. The number of nitrogens with zero attached hydrogens (tertiary/aromatic N) is 6. The Bertz CT molecular complexity index is 1770. The van der Waals surface area contributed by atoms with Gasteiger partial charge in [-0.05, 0) is 57.3 Å². The largest absolute Gasteiger partial charge is 0.495 e. The van der Waals surface area contributed by atoms with Gasteiger partial charge < -0.3 is 25.2 Å². The molecule has 1 aliphatic heterocycles. The highest BCUT2D eigenvalue weighted by molar-refractivity contribution is 5.99. The molecule has 1 fully saturated rings. The van der Waals surface area contributed by atoms with E-state index in [9.17, 15) is 14.4 Å². The first kappa shape index (κ1) is 28.6. The van der Waals surface area contributed by atoms with E-state index in [1.807, 2.05) is 32.0 Å². The third kappa shape index (κ3) is 5.61. The Morgan fingerprint density at radius 3 is 2.50 bits per heavy atom. The molecule has 4 aromatic rings. The van der Waals surface area contributed by atoms with Gasteiger partial charge in [0, 0.05) is 49.7 Å². The van der Waals surface area contributed by atoms with Crippen molar-refractivity contribution in [3.05, 3.63) is 82.0 Å². The average Bonchev–Trinajstić information content (AvgIpc) is 2.98. The lowest BCUT2D eigenvalue weighted by Crippen LogP contribution is -2.44. The molecule has 1 aliphatic rings. The monoisotopic (exact) mass is 570 g/mol. The molecule has 0 saturated carbocycles. The molecule has 0 spiro atoms. The van der Waals surface area contributed by atoms with Crippen molar-refractivity contribution < 1.29 is 9.53 Å². The van der Waals surface area contributed by atoms with E-state index in [1.54, 1.807) is 31.4 Å². The summed E-state index contributed by atoms with van der Waals surface area (Å²) in [6, 6.07) is 12.1. The summed E-state index contributed by atoms with van der Waals surface area (Å²) in [6.07, 6.45) is 2.68. The molecule has 0 aliphatic carbocycles. The zero-order chi connectivity index (χ0) is 30.0. The number of likely N-dealkylation sites (N-methyl/N-ethyl adjacent to an activating group) is 1. The van der Waals surface area contributed by atoms with Crippen LogP contribution in [0.3, 0.4) is 0 Å². The van der Waals surface area contributed by atoms with Gasteiger partial charge in [-0.15, -0.1) is 0 Å². The van der Waals surface area contributed by atoms with Gasteiger partial charge in [-0.1, -0.05) is 12.6 Å². The molecular formula is C30H34N8O4. The minimum Gasteiger partial charge on any atom is -0.495 e. The summed E-state index contributed by atoms with van der Waals surface area (Å²) < 4.78 is 8.34. The van der Waals surface area contributed by atoms with Gasteiger partial charge >= 0.3 is 11.1 Å². The number of nitrogens with one attached hydrogen (secondary N) is 2. The van der Waals surface area contributed by atoms with Crippen LogP contribution in [0.4, 0.5) is 23.0 Å². The maximum Gasteiger partial charge on any atom is 0.322 e. The van der Waals surface area contributed by atoms with Crippen molar-refractivity contribution in [1.29, 1.82) is 0 Å². The lowest BCUT2D eigenvalue weighted by molar-refractivity contribution is -0.111. The lowest BCUT2D eigenvalue weighted by Gasteiger charge is -2.34. The number of methoxy groups -OCH3 is 1. The van der Waals surface area contributed by atoms with E-state index in [4.69, 9.17) is 9.72 Å². The van der Waals surface area contributed by atoms with Crippen LogP contribution in [-0.4, -0.2) is 70.2 Å². The van der Waals surface area contributed by atoms with Gasteiger partial charge in [0.05, 0.1) is 24.7 Å². The molecule has 12 nitrogen and oxygen atoms in total. The fourth-order valence-corrected chi connectivity index (χ4v) is 5.03. The van der Waals surface area contributed by atoms with E-state index < -0.39 is 17.0 Å². The van der Waals surface area contributed by atoms with Crippen LogP contribution in [0, 0.1) is 0 Å². The number of benzene rings is 2. The quantitative estimate of drug-likeness (QED) is 0.243. The molecule has 5 rings (SSSR count). The molecule has 2 aromatic carbocycles. The van der Waals surface area contributed by atoms with E-state index in [2.05, 4.69) is 39.0 Å². The standard InChI is InChI=1S/C30H34N8O4/c1-6-26(39)32-20-8-7-9-22(16-20)38-27-24(37(19(2)3)28(40)29(38)41)18-31-30(34-27)33-21-10-11-23(25(17-21)42-5)36-14-12-35(4)13-15-36/h6-11,16-19H,1,12-15H2,2-5H3,(H,32,39)(H,31,33,34). The minimum absolute atomic E-state index is 0.232. The van der Waals surface area contributed by atoms with Crippen molar-refractivity contribution in [1.82, 2.24) is 24.0 Å². The van der Waals surface area contributed by atoms with Crippen molar-refractivity contribution in [3.8, 4) is 11.4 Å². The van der Waals surface area contributed by atoms with Crippen molar-refractivity contribution in [2.45, 2.75) is 19.9 Å². The normalized spacial score (nSPS) is 13.8. The first-order chi connectivity index (χ1) is 20.2. The topological polar surface area (TPSA) is 127 Å². The van der Waals surface area contributed by atoms with Gasteiger partial charge in [0.2, 0.25) is 11.9 Å². The number of carbonyl (C=O) groups excluding carboxylic acids is 1. The van der Waals surface area contributed by atoms with Crippen LogP contribution in [-0.2, 0) is 4.79 Å². The van der Waals surface area contributed by atoms with Gasteiger partial charge in [-0.25, -0.2) is 4.98 Å². The predicted molar refractivity (Wildman–Crippen MR) is 165 cm³/mol. The Hall–Kier alpha value is -4.97. The SMILES string of the molecule is C=CC(=O)Nc1cccc(-n2c(=O)c(=O)n(C(C)C)c3cnc(Nc4ccc(N5CCN(C)CC5)c(OC)c4)nc32)c1. The van der Waals surface area contributed by atoms with Crippen molar-refractivity contribution >= 4 is 40.1 Å². The number of ether oxygens (including phenoxy) is 1. The van der Waals surface area contributed by atoms with Gasteiger partial charge in [0.25, 0.3) is 0 Å².